The maximum atomic E-state index is 5.27. The van der Waals surface area contributed by atoms with Gasteiger partial charge in [-0.25, -0.2) is 0 Å². The van der Waals surface area contributed by atoms with E-state index in [9.17, 15) is 0 Å². The first-order valence-corrected chi connectivity index (χ1v) is 4.43. The number of rotatable bonds is 5. The molecule has 62 valence electrons. The van der Waals surface area contributed by atoms with Gasteiger partial charge in [0.15, 0.2) is 0 Å². The van der Waals surface area contributed by atoms with Gasteiger partial charge >= 0.3 is 0 Å². The second-order valence-corrected chi connectivity index (χ2v) is 3.60. The maximum Gasteiger partial charge on any atom is 0.147 e. The molecular formula is C7H15BrO2. The minimum absolute atomic E-state index is 0.214. The molecule has 0 saturated heterocycles. The Morgan fingerprint density at radius 1 is 1.40 bits per heavy atom. The highest BCUT2D eigenvalue weighted by atomic mass is 79.9. The fourth-order valence-electron chi connectivity index (χ4n) is 0.371. The summed E-state index contributed by atoms with van der Waals surface area (Å²) in [6, 6.07) is 0. The molecule has 0 aliphatic carbocycles. The van der Waals surface area contributed by atoms with Crippen molar-refractivity contribution in [2.45, 2.75) is 31.7 Å². The van der Waals surface area contributed by atoms with E-state index in [1.807, 2.05) is 13.8 Å². The zero-order valence-electron chi connectivity index (χ0n) is 6.76. The molecule has 0 N–H and O–H groups in total. The monoisotopic (exact) mass is 210 g/mol. The first-order valence-electron chi connectivity index (χ1n) is 3.52. The van der Waals surface area contributed by atoms with Crippen LogP contribution in [-0.2, 0) is 9.47 Å². The summed E-state index contributed by atoms with van der Waals surface area (Å²) in [5.41, 5.74) is 0. The van der Waals surface area contributed by atoms with Gasteiger partial charge in [-0.2, -0.15) is 0 Å². The predicted molar refractivity (Wildman–Crippen MR) is 45.4 cm³/mol. The Kier molecular flexibility index (Phi) is 6.38. The number of ether oxygens (including phenoxy) is 2. The summed E-state index contributed by atoms with van der Waals surface area (Å²) < 4.78 is 10.3. The van der Waals surface area contributed by atoms with E-state index in [4.69, 9.17) is 9.47 Å². The molecule has 0 aromatic carbocycles. The van der Waals surface area contributed by atoms with Crippen molar-refractivity contribution in [1.29, 1.82) is 0 Å². The third-order valence-electron chi connectivity index (χ3n) is 1.27. The lowest BCUT2D eigenvalue weighted by Crippen LogP contribution is -2.19. The second-order valence-electron chi connectivity index (χ2n) is 2.16. The zero-order chi connectivity index (χ0) is 7.98. The van der Waals surface area contributed by atoms with Crippen LogP contribution in [0.2, 0.25) is 0 Å². The van der Waals surface area contributed by atoms with Crippen molar-refractivity contribution in [2.75, 3.05) is 13.4 Å². The Bertz CT molecular complexity index is 76.0. The Hall–Kier alpha value is 0.400. The van der Waals surface area contributed by atoms with E-state index < -0.39 is 0 Å². The van der Waals surface area contributed by atoms with Gasteiger partial charge in [-0.1, -0.05) is 22.9 Å². The van der Waals surface area contributed by atoms with Gasteiger partial charge in [0.25, 0.3) is 0 Å². The highest BCUT2D eigenvalue weighted by Gasteiger charge is 2.07. The van der Waals surface area contributed by atoms with Gasteiger partial charge in [0, 0.05) is 11.4 Å². The normalized spacial score (nSPS) is 16.8. The number of hydrogen-bond donors (Lipinski definition) is 0. The molecule has 0 rings (SSSR count). The van der Waals surface area contributed by atoms with Crippen LogP contribution in [0.1, 0.15) is 20.8 Å². The maximum absolute atomic E-state index is 5.27. The van der Waals surface area contributed by atoms with Crippen molar-refractivity contribution in [3.8, 4) is 0 Å². The Morgan fingerprint density at radius 3 is 2.40 bits per heavy atom. The Balaban J connectivity index is 3.13. The molecule has 0 bridgehead atoms. The van der Waals surface area contributed by atoms with E-state index in [1.54, 1.807) is 0 Å². The van der Waals surface area contributed by atoms with E-state index in [0.29, 0.717) is 18.2 Å². The summed E-state index contributed by atoms with van der Waals surface area (Å²) in [5.74, 6) is 0. The van der Waals surface area contributed by atoms with Gasteiger partial charge in [-0.05, 0) is 13.8 Å². The molecule has 0 spiro atoms. The minimum atomic E-state index is 0.214. The number of halogens is 1. The van der Waals surface area contributed by atoms with Crippen LogP contribution in [-0.4, -0.2) is 24.3 Å². The van der Waals surface area contributed by atoms with Crippen molar-refractivity contribution >= 4 is 15.9 Å². The molecule has 0 radical (unpaired) electrons. The molecule has 0 amide bonds. The van der Waals surface area contributed by atoms with Gasteiger partial charge < -0.3 is 9.47 Å². The molecule has 0 fully saturated rings. The smallest absolute Gasteiger partial charge is 0.147 e. The van der Waals surface area contributed by atoms with E-state index >= 15 is 0 Å². The third kappa shape index (κ3) is 5.21. The summed E-state index contributed by atoms with van der Waals surface area (Å²) in [6.45, 7) is 7.12. The van der Waals surface area contributed by atoms with Crippen molar-refractivity contribution in [2.24, 2.45) is 0 Å². The average Bonchev–Trinajstić information content (AvgIpc) is 1.88. The summed E-state index contributed by atoms with van der Waals surface area (Å²) in [7, 11) is 0. The topological polar surface area (TPSA) is 18.5 Å². The van der Waals surface area contributed by atoms with Crippen molar-refractivity contribution in [3.63, 3.8) is 0 Å². The van der Waals surface area contributed by atoms with E-state index in [1.165, 1.54) is 0 Å². The van der Waals surface area contributed by atoms with Crippen LogP contribution in [0.5, 0.6) is 0 Å². The van der Waals surface area contributed by atoms with Crippen LogP contribution in [0.3, 0.4) is 0 Å². The summed E-state index contributed by atoms with van der Waals surface area (Å²) in [4.78, 5) is 0.382. The molecule has 0 aromatic heterocycles. The van der Waals surface area contributed by atoms with Gasteiger partial charge in [-0.3, -0.25) is 0 Å². The van der Waals surface area contributed by atoms with Gasteiger partial charge in [0.2, 0.25) is 0 Å². The third-order valence-corrected chi connectivity index (χ3v) is 2.01. The summed E-state index contributed by atoms with van der Waals surface area (Å²) in [5, 5.41) is 0. The fourth-order valence-corrected chi connectivity index (χ4v) is 0.524. The average molecular weight is 211 g/mol. The Labute approximate surface area is 71.0 Å². The minimum Gasteiger partial charge on any atom is -0.356 e. The van der Waals surface area contributed by atoms with Crippen molar-refractivity contribution in [1.82, 2.24) is 0 Å². The first kappa shape index (κ1) is 10.4. The van der Waals surface area contributed by atoms with Crippen LogP contribution in [0.15, 0.2) is 0 Å². The lowest BCUT2D eigenvalue weighted by Gasteiger charge is -2.14. The van der Waals surface area contributed by atoms with Gasteiger partial charge in [0.05, 0.1) is 6.10 Å². The standard InChI is InChI=1S/C7H15BrO2/c1-4-9-5-10-7(3)6(2)8/h6-7H,4-5H2,1-3H3. The SMILES string of the molecule is CCOCOC(C)C(C)Br. The van der Waals surface area contributed by atoms with Crippen molar-refractivity contribution < 1.29 is 9.47 Å². The molecule has 2 unspecified atom stereocenters. The fraction of sp³-hybridized carbons (Fsp3) is 1.00. The number of alkyl halides is 1. The lowest BCUT2D eigenvalue weighted by molar-refractivity contribution is -0.0787. The summed E-state index contributed by atoms with van der Waals surface area (Å²) >= 11 is 3.41. The quantitative estimate of drug-likeness (QED) is 0.394. The molecule has 2 atom stereocenters. The van der Waals surface area contributed by atoms with Crippen LogP contribution in [0.25, 0.3) is 0 Å². The van der Waals surface area contributed by atoms with Gasteiger partial charge in [0.1, 0.15) is 6.79 Å². The van der Waals surface area contributed by atoms with E-state index in [0.717, 1.165) is 0 Å². The second kappa shape index (κ2) is 6.13. The molecule has 0 heterocycles. The van der Waals surface area contributed by atoms with Crippen molar-refractivity contribution in [3.05, 3.63) is 0 Å². The van der Waals surface area contributed by atoms with Crippen LogP contribution < -0.4 is 0 Å². The van der Waals surface area contributed by atoms with Crippen LogP contribution in [0.4, 0.5) is 0 Å². The van der Waals surface area contributed by atoms with Crippen LogP contribution >= 0.6 is 15.9 Å². The summed E-state index contributed by atoms with van der Waals surface area (Å²) in [6.07, 6.45) is 0.214. The largest absolute Gasteiger partial charge is 0.356 e. The molecule has 10 heavy (non-hydrogen) atoms. The molecule has 0 aromatic rings. The van der Waals surface area contributed by atoms with E-state index in [-0.39, 0.29) is 6.10 Å². The predicted octanol–water partition coefficient (Wildman–Crippen LogP) is 2.17. The molecule has 0 aliphatic heterocycles. The molecule has 0 saturated carbocycles. The molecule has 2 nitrogen and oxygen atoms in total. The lowest BCUT2D eigenvalue weighted by atomic mass is 10.3. The zero-order valence-corrected chi connectivity index (χ0v) is 8.35. The molecule has 0 aliphatic rings. The first-order chi connectivity index (χ1) is 4.68. The highest BCUT2D eigenvalue weighted by molar-refractivity contribution is 9.09. The molecule has 3 heteroatoms. The highest BCUT2D eigenvalue weighted by Crippen LogP contribution is 2.07. The van der Waals surface area contributed by atoms with Crippen LogP contribution in [0, 0.1) is 0 Å². The van der Waals surface area contributed by atoms with Gasteiger partial charge in [-0.15, -0.1) is 0 Å². The Morgan fingerprint density at radius 2 is 2.00 bits per heavy atom. The number of hydrogen-bond acceptors (Lipinski definition) is 2. The van der Waals surface area contributed by atoms with E-state index in [2.05, 4.69) is 22.9 Å². The molecular weight excluding hydrogens is 196 g/mol.